The third-order valence-corrected chi connectivity index (χ3v) is 4.41. The zero-order valence-corrected chi connectivity index (χ0v) is 13.9. The quantitative estimate of drug-likeness (QED) is 0.909. The fourth-order valence-corrected chi connectivity index (χ4v) is 2.84. The van der Waals surface area contributed by atoms with Crippen LogP contribution in [-0.4, -0.2) is 23.9 Å². The Kier molecular flexibility index (Phi) is 4.83. The number of methoxy groups -OCH3 is 1. The third kappa shape index (κ3) is 2.60. The van der Waals surface area contributed by atoms with Crippen LogP contribution in [0.1, 0.15) is 29.8 Å². The number of aromatic nitrogens is 2. The van der Waals surface area contributed by atoms with Gasteiger partial charge in [-0.2, -0.15) is 5.10 Å². The molecule has 0 fully saturated rings. The Morgan fingerprint density at radius 2 is 2.20 bits per heavy atom. The van der Waals surface area contributed by atoms with Gasteiger partial charge in [0.05, 0.1) is 19.3 Å². The van der Waals surface area contributed by atoms with Crippen molar-refractivity contribution in [2.45, 2.75) is 26.4 Å². The minimum Gasteiger partial charge on any atom is -0.493 e. The Bertz CT molecular complexity index is 573. The second kappa shape index (κ2) is 6.41. The second-order valence-electron chi connectivity index (χ2n) is 4.59. The van der Waals surface area contributed by atoms with E-state index in [1.165, 1.54) is 11.1 Å². The molecule has 5 heteroatoms. The molecule has 108 valence electrons. The van der Waals surface area contributed by atoms with Crippen LogP contribution in [0, 0.1) is 6.92 Å². The first-order chi connectivity index (χ1) is 9.63. The highest BCUT2D eigenvalue weighted by Gasteiger charge is 2.23. The molecule has 1 atom stereocenters. The van der Waals surface area contributed by atoms with Crippen LogP contribution >= 0.6 is 15.9 Å². The molecule has 1 aromatic carbocycles. The van der Waals surface area contributed by atoms with Gasteiger partial charge in [0.15, 0.2) is 5.75 Å². The van der Waals surface area contributed by atoms with Crippen LogP contribution in [0.4, 0.5) is 0 Å². The van der Waals surface area contributed by atoms with Gasteiger partial charge in [-0.1, -0.05) is 28.1 Å². The number of benzene rings is 1. The molecule has 1 aromatic heterocycles. The van der Waals surface area contributed by atoms with E-state index in [-0.39, 0.29) is 6.04 Å². The average Bonchev–Trinajstić information content (AvgIpc) is 2.87. The summed E-state index contributed by atoms with van der Waals surface area (Å²) in [6.07, 6.45) is 1.77. The monoisotopic (exact) mass is 337 g/mol. The third-order valence-electron chi connectivity index (χ3n) is 3.55. The van der Waals surface area contributed by atoms with Gasteiger partial charge >= 0.3 is 0 Å². The van der Waals surface area contributed by atoms with E-state index in [0.29, 0.717) is 0 Å². The van der Waals surface area contributed by atoms with Crippen LogP contribution in [0.15, 0.2) is 28.9 Å². The molecule has 2 aromatic rings. The number of halogens is 1. The molecule has 4 nitrogen and oxygen atoms in total. The second-order valence-corrected chi connectivity index (χ2v) is 5.44. The van der Waals surface area contributed by atoms with Gasteiger partial charge in [0, 0.05) is 11.0 Å². The highest BCUT2D eigenvalue weighted by Crippen LogP contribution is 2.33. The lowest BCUT2D eigenvalue weighted by Crippen LogP contribution is -2.23. The van der Waals surface area contributed by atoms with Gasteiger partial charge in [0.25, 0.3) is 0 Å². The van der Waals surface area contributed by atoms with Crippen molar-refractivity contribution in [3.63, 3.8) is 0 Å². The van der Waals surface area contributed by atoms with E-state index in [1.54, 1.807) is 13.3 Å². The number of aryl methyl sites for hydroxylation is 1. The molecule has 0 aliphatic carbocycles. The summed E-state index contributed by atoms with van der Waals surface area (Å²) in [5.41, 5.74) is 3.49. The zero-order valence-electron chi connectivity index (χ0n) is 12.3. The van der Waals surface area contributed by atoms with Crippen LogP contribution in [0.25, 0.3) is 0 Å². The first-order valence-corrected chi connectivity index (χ1v) is 7.45. The van der Waals surface area contributed by atoms with Crippen molar-refractivity contribution in [3.8, 4) is 5.75 Å². The maximum atomic E-state index is 5.47. The Morgan fingerprint density at radius 3 is 2.80 bits per heavy atom. The average molecular weight is 338 g/mol. The number of rotatable bonds is 5. The SMILES string of the molecule is CCn1ncc(OC)c1C(NC)c1cccc(Br)c1C. The summed E-state index contributed by atoms with van der Waals surface area (Å²) >= 11 is 3.60. The van der Waals surface area contributed by atoms with E-state index in [0.717, 1.165) is 22.5 Å². The molecule has 0 amide bonds. The van der Waals surface area contributed by atoms with Crippen LogP contribution in [0.5, 0.6) is 5.75 Å². The van der Waals surface area contributed by atoms with Crippen molar-refractivity contribution in [1.82, 2.24) is 15.1 Å². The van der Waals surface area contributed by atoms with E-state index < -0.39 is 0 Å². The van der Waals surface area contributed by atoms with Crippen LogP contribution in [-0.2, 0) is 6.54 Å². The molecule has 0 aliphatic heterocycles. The van der Waals surface area contributed by atoms with Crippen molar-refractivity contribution in [2.75, 3.05) is 14.2 Å². The van der Waals surface area contributed by atoms with Crippen LogP contribution in [0.2, 0.25) is 0 Å². The van der Waals surface area contributed by atoms with Gasteiger partial charge < -0.3 is 10.1 Å². The maximum absolute atomic E-state index is 5.47. The Morgan fingerprint density at radius 1 is 1.45 bits per heavy atom. The van der Waals surface area contributed by atoms with E-state index in [2.05, 4.69) is 58.4 Å². The highest BCUT2D eigenvalue weighted by atomic mass is 79.9. The molecule has 0 saturated carbocycles. The topological polar surface area (TPSA) is 39.1 Å². The summed E-state index contributed by atoms with van der Waals surface area (Å²) in [4.78, 5) is 0. The molecular formula is C15H20BrN3O. The summed E-state index contributed by atoms with van der Waals surface area (Å²) in [6.45, 7) is 5.00. The Labute approximate surface area is 128 Å². The standard InChI is InChI=1S/C15H20BrN3O/c1-5-19-15(13(20-4)9-18-19)14(17-3)11-7-6-8-12(16)10(11)2/h6-9,14,17H,5H2,1-4H3. The van der Waals surface area contributed by atoms with Crippen molar-refractivity contribution in [1.29, 1.82) is 0 Å². The lowest BCUT2D eigenvalue weighted by Gasteiger charge is -2.21. The molecule has 0 aliphatic rings. The molecule has 1 heterocycles. The number of hydrogen-bond acceptors (Lipinski definition) is 3. The molecule has 1 unspecified atom stereocenters. The molecule has 2 rings (SSSR count). The molecule has 0 bridgehead atoms. The van der Waals surface area contributed by atoms with Gasteiger partial charge in [0.2, 0.25) is 0 Å². The van der Waals surface area contributed by atoms with E-state index in [4.69, 9.17) is 4.74 Å². The number of ether oxygens (including phenoxy) is 1. The predicted molar refractivity (Wildman–Crippen MR) is 84.2 cm³/mol. The number of hydrogen-bond donors (Lipinski definition) is 1. The fraction of sp³-hybridized carbons (Fsp3) is 0.400. The summed E-state index contributed by atoms with van der Waals surface area (Å²) in [7, 11) is 3.64. The smallest absolute Gasteiger partial charge is 0.161 e. The largest absolute Gasteiger partial charge is 0.493 e. The summed E-state index contributed by atoms with van der Waals surface area (Å²) in [5.74, 6) is 0.811. The van der Waals surface area contributed by atoms with Crippen molar-refractivity contribution < 1.29 is 4.74 Å². The van der Waals surface area contributed by atoms with Gasteiger partial charge in [0.1, 0.15) is 5.69 Å². The van der Waals surface area contributed by atoms with Crippen LogP contribution < -0.4 is 10.1 Å². The molecule has 20 heavy (non-hydrogen) atoms. The van der Waals surface area contributed by atoms with Crippen molar-refractivity contribution in [2.24, 2.45) is 0 Å². The van der Waals surface area contributed by atoms with Crippen LogP contribution in [0.3, 0.4) is 0 Å². The predicted octanol–water partition coefficient (Wildman–Crippen LogP) is 3.29. The maximum Gasteiger partial charge on any atom is 0.161 e. The Balaban J connectivity index is 2.58. The molecule has 0 saturated heterocycles. The summed E-state index contributed by atoms with van der Waals surface area (Å²) in [5, 5.41) is 7.77. The lowest BCUT2D eigenvalue weighted by atomic mass is 9.98. The minimum absolute atomic E-state index is 0.0462. The number of nitrogens with one attached hydrogen (secondary N) is 1. The molecule has 0 spiro atoms. The first kappa shape index (κ1) is 15.1. The fourth-order valence-electron chi connectivity index (χ4n) is 2.45. The van der Waals surface area contributed by atoms with Gasteiger partial charge in [-0.05, 0) is 38.1 Å². The van der Waals surface area contributed by atoms with E-state index in [1.807, 2.05) is 11.7 Å². The van der Waals surface area contributed by atoms with E-state index >= 15 is 0 Å². The van der Waals surface area contributed by atoms with E-state index in [9.17, 15) is 0 Å². The summed E-state index contributed by atoms with van der Waals surface area (Å²) < 4.78 is 8.55. The van der Waals surface area contributed by atoms with Gasteiger partial charge in [-0.25, -0.2) is 0 Å². The normalized spacial score (nSPS) is 12.4. The van der Waals surface area contributed by atoms with Crippen molar-refractivity contribution in [3.05, 3.63) is 45.7 Å². The first-order valence-electron chi connectivity index (χ1n) is 6.66. The molecule has 1 N–H and O–H groups in total. The highest BCUT2D eigenvalue weighted by molar-refractivity contribution is 9.10. The van der Waals surface area contributed by atoms with Gasteiger partial charge in [-0.3, -0.25) is 4.68 Å². The minimum atomic E-state index is 0.0462. The van der Waals surface area contributed by atoms with Gasteiger partial charge in [-0.15, -0.1) is 0 Å². The lowest BCUT2D eigenvalue weighted by molar-refractivity contribution is 0.401. The molecule has 0 radical (unpaired) electrons. The Hall–Kier alpha value is -1.33. The number of nitrogens with zero attached hydrogens (tertiary/aromatic N) is 2. The zero-order chi connectivity index (χ0) is 14.7. The summed E-state index contributed by atoms with van der Waals surface area (Å²) in [6, 6.07) is 6.29. The molecular weight excluding hydrogens is 318 g/mol. The van der Waals surface area contributed by atoms with Crippen molar-refractivity contribution >= 4 is 15.9 Å².